The lowest BCUT2D eigenvalue weighted by Gasteiger charge is -2.32. The molecule has 0 spiro atoms. The van der Waals surface area contributed by atoms with Crippen molar-refractivity contribution < 1.29 is 13.2 Å². The van der Waals surface area contributed by atoms with Crippen molar-refractivity contribution in [2.24, 2.45) is 0 Å². The Morgan fingerprint density at radius 3 is 2.48 bits per heavy atom. The average Bonchev–Trinajstić information content (AvgIpc) is 2.60. The molecule has 5 heteroatoms. The molecule has 0 heterocycles. The van der Waals surface area contributed by atoms with Gasteiger partial charge in [-0.25, -0.2) is 8.42 Å². The van der Waals surface area contributed by atoms with E-state index >= 15 is 0 Å². The Morgan fingerprint density at radius 1 is 1.09 bits per heavy atom. The number of methoxy groups -OCH3 is 1. The molecule has 4 nitrogen and oxygen atoms in total. The van der Waals surface area contributed by atoms with E-state index in [1.807, 2.05) is 18.2 Å². The van der Waals surface area contributed by atoms with Gasteiger partial charge in [0.15, 0.2) is 0 Å². The molecule has 2 aromatic rings. The number of rotatable bonds is 4. The number of nitrogens with zero attached hydrogens (tertiary/aromatic N) is 1. The minimum atomic E-state index is -3.53. The number of hydrogen-bond donors (Lipinski definition) is 0. The first-order chi connectivity index (χ1) is 11.0. The lowest BCUT2D eigenvalue weighted by atomic mass is 9.88. The highest BCUT2D eigenvalue weighted by Crippen LogP contribution is 2.36. The molecule has 0 aliphatic heterocycles. The predicted molar refractivity (Wildman–Crippen MR) is 90.1 cm³/mol. The zero-order valence-corrected chi connectivity index (χ0v) is 14.2. The van der Waals surface area contributed by atoms with Crippen molar-refractivity contribution in [2.45, 2.75) is 30.2 Å². The molecule has 0 radical (unpaired) electrons. The van der Waals surface area contributed by atoms with Crippen molar-refractivity contribution >= 4 is 10.0 Å². The van der Waals surface area contributed by atoms with Crippen LogP contribution in [0.3, 0.4) is 0 Å². The van der Waals surface area contributed by atoms with Crippen LogP contribution in [0.5, 0.6) is 5.75 Å². The fraction of sp³-hybridized carbons (Fsp3) is 0.333. The zero-order valence-electron chi connectivity index (χ0n) is 13.4. The van der Waals surface area contributed by atoms with E-state index in [-0.39, 0.29) is 6.04 Å². The average molecular weight is 331 g/mol. The highest BCUT2D eigenvalue weighted by atomic mass is 32.2. The van der Waals surface area contributed by atoms with Crippen LogP contribution in [-0.2, 0) is 16.4 Å². The maximum Gasteiger partial charge on any atom is 0.243 e. The number of ether oxygens (including phenoxy) is 1. The van der Waals surface area contributed by atoms with Crippen LogP contribution in [0.2, 0.25) is 0 Å². The van der Waals surface area contributed by atoms with E-state index < -0.39 is 10.0 Å². The second-order valence-corrected chi connectivity index (χ2v) is 7.80. The lowest BCUT2D eigenvalue weighted by Crippen LogP contribution is -2.33. The van der Waals surface area contributed by atoms with Gasteiger partial charge in [0, 0.05) is 13.1 Å². The Bertz CT molecular complexity index is 784. The third-order valence-electron chi connectivity index (χ3n) is 4.51. The second kappa shape index (κ2) is 6.34. The Kier molecular flexibility index (Phi) is 4.41. The smallest absolute Gasteiger partial charge is 0.243 e. The van der Waals surface area contributed by atoms with Gasteiger partial charge in [0.2, 0.25) is 10.0 Å². The molecule has 1 unspecified atom stereocenters. The van der Waals surface area contributed by atoms with Gasteiger partial charge >= 0.3 is 0 Å². The molecule has 0 N–H and O–H groups in total. The van der Waals surface area contributed by atoms with Crippen LogP contribution in [0.25, 0.3) is 0 Å². The van der Waals surface area contributed by atoms with Gasteiger partial charge in [-0.15, -0.1) is 0 Å². The van der Waals surface area contributed by atoms with E-state index in [9.17, 15) is 8.42 Å². The number of aryl methyl sites for hydroxylation is 1. The fourth-order valence-corrected chi connectivity index (χ4v) is 4.55. The summed E-state index contributed by atoms with van der Waals surface area (Å²) in [6, 6.07) is 14.6. The van der Waals surface area contributed by atoms with Crippen molar-refractivity contribution in [3.63, 3.8) is 0 Å². The summed E-state index contributed by atoms with van der Waals surface area (Å²) in [5, 5.41) is 0. The van der Waals surface area contributed by atoms with Crippen LogP contribution in [0.15, 0.2) is 53.4 Å². The van der Waals surface area contributed by atoms with Gasteiger partial charge in [-0.2, -0.15) is 4.31 Å². The van der Waals surface area contributed by atoms with E-state index in [1.54, 1.807) is 38.4 Å². The molecule has 0 saturated heterocycles. The van der Waals surface area contributed by atoms with Gasteiger partial charge in [-0.05, 0) is 54.7 Å². The molecule has 0 amide bonds. The Balaban J connectivity index is 1.94. The number of hydrogen-bond acceptors (Lipinski definition) is 3. The summed E-state index contributed by atoms with van der Waals surface area (Å²) in [6.45, 7) is 0. The molecule has 1 atom stereocenters. The number of sulfonamides is 1. The molecule has 3 rings (SSSR count). The quantitative estimate of drug-likeness (QED) is 0.863. The first kappa shape index (κ1) is 16.0. The molecular weight excluding hydrogens is 310 g/mol. The molecule has 1 aliphatic carbocycles. The van der Waals surface area contributed by atoms with E-state index in [2.05, 4.69) is 6.07 Å². The monoisotopic (exact) mass is 331 g/mol. The van der Waals surface area contributed by atoms with Crippen molar-refractivity contribution in [1.29, 1.82) is 0 Å². The largest absolute Gasteiger partial charge is 0.497 e. The van der Waals surface area contributed by atoms with Crippen molar-refractivity contribution in [3.8, 4) is 5.75 Å². The van der Waals surface area contributed by atoms with Crippen molar-refractivity contribution in [1.82, 2.24) is 4.31 Å². The number of benzene rings is 2. The molecule has 122 valence electrons. The Hall–Kier alpha value is -1.85. The summed E-state index contributed by atoms with van der Waals surface area (Å²) in [5.41, 5.74) is 2.37. The summed E-state index contributed by atoms with van der Waals surface area (Å²) in [7, 11) is -0.291. The van der Waals surface area contributed by atoms with Crippen LogP contribution in [0.4, 0.5) is 0 Å². The lowest BCUT2D eigenvalue weighted by molar-refractivity contribution is 0.337. The predicted octanol–water partition coefficient (Wildman–Crippen LogP) is 3.39. The van der Waals surface area contributed by atoms with Gasteiger partial charge in [0.1, 0.15) is 5.75 Å². The maximum absolute atomic E-state index is 12.9. The van der Waals surface area contributed by atoms with Gasteiger partial charge in [0.05, 0.1) is 12.0 Å². The van der Waals surface area contributed by atoms with E-state index in [0.29, 0.717) is 10.6 Å². The fourth-order valence-electron chi connectivity index (χ4n) is 3.19. The van der Waals surface area contributed by atoms with Crippen LogP contribution >= 0.6 is 0 Å². The first-order valence-corrected chi connectivity index (χ1v) is 9.18. The normalized spacial score (nSPS) is 17.8. The summed E-state index contributed by atoms with van der Waals surface area (Å²) in [5.74, 6) is 0.648. The molecule has 23 heavy (non-hydrogen) atoms. The van der Waals surface area contributed by atoms with Crippen LogP contribution in [-0.4, -0.2) is 26.9 Å². The summed E-state index contributed by atoms with van der Waals surface area (Å²) < 4.78 is 32.5. The zero-order chi connectivity index (χ0) is 16.4. The van der Waals surface area contributed by atoms with Crippen LogP contribution in [0, 0.1) is 0 Å². The minimum absolute atomic E-state index is 0.105. The Morgan fingerprint density at radius 2 is 1.78 bits per heavy atom. The van der Waals surface area contributed by atoms with Crippen LogP contribution in [0.1, 0.15) is 30.0 Å². The SMILES string of the molecule is COc1ccc(S(=O)(=O)N(C)C2CCCc3ccccc32)cc1. The molecule has 2 aromatic carbocycles. The summed E-state index contributed by atoms with van der Waals surface area (Å²) in [4.78, 5) is 0.295. The first-order valence-electron chi connectivity index (χ1n) is 7.74. The van der Waals surface area contributed by atoms with Gasteiger partial charge in [-0.3, -0.25) is 0 Å². The summed E-state index contributed by atoms with van der Waals surface area (Å²) >= 11 is 0. The standard InChI is InChI=1S/C18H21NO3S/c1-19(18-9-5-7-14-6-3-4-8-17(14)18)23(20,21)16-12-10-15(22-2)11-13-16/h3-4,6,8,10-13,18H,5,7,9H2,1-2H3. The highest BCUT2D eigenvalue weighted by Gasteiger charge is 2.31. The van der Waals surface area contributed by atoms with Crippen molar-refractivity contribution in [2.75, 3.05) is 14.2 Å². The van der Waals surface area contributed by atoms with Crippen molar-refractivity contribution in [3.05, 3.63) is 59.7 Å². The van der Waals surface area contributed by atoms with E-state index in [0.717, 1.165) is 24.8 Å². The van der Waals surface area contributed by atoms with Gasteiger partial charge in [0.25, 0.3) is 0 Å². The highest BCUT2D eigenvalue weighted by molar-refractivity contribution is 7.89. The Labute approximate surface area is 137 Å². The molecular formula is C18H21NO3S. The third kappa shape index (κ3) is 2.99. The van der Waals surface area contributed by atoms with Gasteiger partial charge in [-0.1, -0.05) is 24.3 Å². The molecule has 0 bridgehead atoms. The molecule has 0 fully saturated rings. The summed E-state index contributed by atoms with van der Waals surface area (Å²) in [6.07, 6.45) is 2.87. The van der Waals surface area contributed by atoms with Crippen LogP contribution < -0.4 is 4.74 Å². The molecule has 1 aliphatic rings. The number of fused-ring (bicyclic) bond motifs is 1. The minimum Gasteiger partial charge on any atom is -0.497 e. The van der Waals surface area contributed by atoms with E-state index in [4.69, 9.17) is 4.74 Å². The molecule has 0 aromatic heterocycles. The van der Waals surface area contributed by atoms with E-state index in [1.165, 1.54) is 9.87 Å². The third-order valence-corrected chi connectivity index (χ3v) is 6.39. The topological polar surface area (TPSA) is 46.6 Å². The maximum atomic E-state index is 12.9. The molecule has 0 saturated carbocycles. The second-order valence-electron chi connectivity index (χ2n) is 5.80. The van der Waals surface area contributed by atoms with Gasteiger partial charge < -0.3 is 4.74 Å².